The van der Waals surface area contributed by atoms with Gasteiger partial charge in [0.15, 0.2) is 22.7 Å². The molecule has 0 N–H and O–H groups in total. The molecule has 4 rings (SSSR count). The molecule has 3 aromatic rings. The van der Waals surface area contributed by atoms with Crippen molar-refractivity contribution in [2.45, 2.75) is 12.0 Å². The summed E-state index contributed by atoms with van der Waals surface area (Å²) < 4.78 is 27.5. The number of Topliss-reactive ketones (excluding diaryl/α,β-unsaturated/α-hetero) is 1. The van der Waals surface area contributed by atoms with E-state index in [1.807, 2.05) is 30.3 Å². The van der Waals surface area contributed by atoms with Crippen LogP contribution in [-0.4, -0.2) is 39.7 Å². The van der Waals surface area contributed by atoms with Crippen LogP contribution in [0.15, 0.2) is 66.7 Å². The molecule has 0 saturated heterocycles. The van der Waals surface area contributed by atoms with E-state index in [1.54, 1.807) is 43.5 Å². The zero-order chi connectivity index (χ0) is 23.4. The van der Waals surface area contributed by atoms with Gasteiger partial charge in [0.2, 0.25) is 0 Å². The van der Waals surface area contributed by atoms with Crippen molar-refractivity contribution in [3.63, 3.8) is 0 Å². The molecule has 1 unspecified atom stereocenters. The lowest BCUT2D eigenvalue weighted by molar-refractivity contribution is -0.155. The van der Waals surface area contributed by atoms with E-state index < -0.39 is 17.2 Å². The van der Waals surface area contributed by atoms with E-state index in [0.29, 0.717) is 34.1 Å². The highest BCUT2D eigenvalue weighted by atomic mass is 16.5. The van der Waals surface area contributed by atoms with Crippen molar-refractivity contribution in [3.05, 3.63) is 83.4 Å². The molecule has 33 heavy (non-hydrogen) atoms. The zero-order valence-electron chi connectivity index (χ0n) is 18.6. The van der Waals surface area contributed by atoms with Gasteiger partial charge >= 0.3 is 5.97 Å². The van der Waals surface area contributed by atoms with Crippen molar-refractivity contribution in [2.24, 2.45) is 0 Å². The Balaban J connectivity index is 1.88. The van der Waals surface area contributed by atoms with Crippen molar-refractivity contribution in [1.82, 2.24) is 0 Å². The van der Waals surface area contributed by atoms with Gasteiger partial charge in [-0.1, -0.05) is 42.5 Å². The number of esters is 1. The number of carbonyl (C=O) groups is 2. The molecule has 1 atom stereocenters. The van der Waals surface area contributed by atoms with E-state index >= 15 is 0 Å². The number of hydrogen-bond acceptors (Lipinski definition) is 7. The summed E-state index contributed by atoms with van der Waals surface area (Å²) in [6.45, 7) is -0.275. The highest BCUT2D eigenvalue weighted by molar-refractivity contribution is 6.15. The summed E-state index contributed by atoms with van der Waals surface area (Å²) in [4.78, 5) is 27.3. The van der Waals surface area contributed by atoms with Gasteiger partial charge in [-0.2, -0.15) is 0 Å². The molecule has 0 aromatic heterocycles. The summed E-state index contributed by atoms with van der Waals surface area (Å²) >= 11 is 0. The van der Waals surface area contributed by atoms with Crippen LogP contribution in [0.3, 0.4) is 0 Å². The van der Waals surface area contributed by atoms with Crippen LogP contribution >= 0.6 is 0 Å². The Hall–Kier alpha value is -4.00. The molecule has 7 nitrogen and oxygen atoms in total. The first-order valence-electron chi connectivity index (χ1n) is 10.3. The smallest absolute Gasteiger partial charge is 0.329 e. The zero-order valence-corrected chi connectivity index (χ0v) is 18.6. The molecule has 0 bridgehead atoms. The second kappa shape index (κ2) is 9.24. The summed E-state index contributed by atoms with van der Waals surface area (Å²) in [5, 5.41) is 0. The van der Waals surface area contributed by atoms with Crippen molar-refractivity contribution < 1.29 is 33.3 Å². The van der Waals surface area contributed by atoms with Gasteiger partial charge in [-0.05, 0) is 29.3 Å². The number of carbonyl (C=O) groups excluding carboxylic acids is 2. The van der Waals surface area contributed by atoms with Gasteiger partial charge < -0.3 is 23.7 Å². The Bertz CT molecular complexity index is 1160. The Morgan fingerprint density at radius 3 is 2.21 bits per heavy atom. The van der Waals surface area contributed by atoms with Gasteiger partial charge in [-0.25, -0.2) is 0 Å². The molecular weight excluding hydrogens is 424 g/mol. The Morgan fingerprint density at radius 1 is 0.909 bits per heavy atom. The fourth-order valence-corrected chi connectivity index (χ4v) is 4.01. The SMILES string of the molecule is COc1ccc(C2(C(=O)OCc3ccccc3)C(=O)COc3cc(OC)c(OC)cc32)cc1. The van der Waals surface area contributed by atoms with Gasteiger partial charge in [0.25, 0.3) is 0 Å². The van der Waals surface area contributed by atoms with Crippen LogP contribution < -0.4 is 18.9 Å². The third kappa shape index (κ3) is 3.86. The molecule has 0 aliphatic carbocycles. The van der Waals surface area contributed by atoms with Crippen molar-refractivity contribution in [2.75, 3.05) is 27.9 Å². The van der Waals surface area contributed by atoms with E-state index in [0.717, 1.165) is 5.56 Å². The lowest BCUT2D eigenvalue weighted by Crippen LogP contribution is -2.50. The molecule has 0 radical (unpaired) electrons. The highest BCUT2D eigenvalue weighted by Crippen LogP contribution is 2.47. The summed E-state index contributed by atoms with van der Waals surface area (Å²) in [6.07, 6.45) is 0. The second-order valence-corrected chi connectivity index (χ2v) is 7.46. The van der Waals surface area contributed by atoms with Gasteiger partial charge in [-0.3, -0.25) is 9.59 Å². The Kier molecular flexibility index (Phi) is 6.22. The lowest BCUT2D eigenvalue weighted by Gasteiger charge is -2.36. The summed E-state index contributed by atoms with van der Waals surface area (Å²) in [7, 11) is 4.53. The molecule has 0 fully saturated rings. The molecule has 7 heteroatoms. The lowest BCUT2D eigenvalue weighted by atomic mass is 9.69. The minimum Gasteiger partial charge on any atom is -0.497 e. The van der Waals surface area contributed by atoms with Gasteiger partial charge in [0.1, 0.15) is 24.7 Å². The van der Waals surface area contributed by atoms with E-state index in [-0.39, 0.29) is 13.2 Å². The van der Waals surface area contributed by atoms with Crippen molar-refractivity contribution in [1.29, 1.82) is 0 Å². The maximum atomic E-state index is 13.8. The highest BCUT2D eigenvalue weighted by Gasteiger charge is 2.54. The van der Waals surface area contributed by atoms with Crippen LogP contribution in [0.25, 0.3) is 0 Å². The van der Waals surface area contributed by atoms with E-state index in [4.69, 9.17) is 23.7 Å². The third-order valence-corrected chi connectivity index (χ3v) is 5.71. The molecule has 0 saturated carbocycles. The minimum absolute atomic E-state index is 0.0222. The van der Waals surface area contributed by atoms with E-state index in [9.17, 15) is 9.59 Å². The molecule has 0 spiro atoms. The predicted molar refractivity (Wildman–Crippen MR) is 120 cm³/mol. The minimum atomic E-state index is -1.74. The van der Waals surface area contributed by atoms with Crippen LogP contribution in [0.4, 0.5) is 0 Å². The fourth-order valence-electron chi connectivity index (χ4n) is 4.01. The number of rotatable bonds is 7. The topological polar surface area (TPSA) is 80.3 Å². The van der Waals surface area contributed by atoms with Crippen LogP contribution in [0.1, 0.15) is 16.7 Å². The third-order valence-electron chi connectivity index (χ3n) is 5.71. The molecule has 1 heterocycles. The average molecular weight is 448 g/mol. The van der Waals surface area contributed by atoms with Gasteiger partial charge in [0.05, 0.1) is 21.3 Å². The normalized spacial score (nSPS) is 16.9. The molecular formula is C26H24O7. The number of ketones is 1. The maximum absolute atomic E-state index is 13.8. The predicted octanol–water partition coefficient (Wildman–Crippen LogP) is 3.70. The summed E-state index contributed by atoms with van der Waals surface area (Å²) in [5.41, 5.74) is -0.153. The monoisotopic (exact) mass is 448 g/mol. The summed E-state index contributed by atoms with van der Waals surface area (Å²) in [5.74, 6) is 0.595. The van der Waals surface area contributed by atoms with Crippen molar-refractivity contribution >= 4 is 11.8 Å². The molecule has 1 aliphatic rings. The Labute approximate surface area is 191 Å². The van der Waals surface area contributed by atoms with Crippen LogP contribution in [-0.2, 0) is 26.3 Å². The second-order valence-electron chi connectivity index (χ2n) is 7.46. The van der Waals surface area contributed by atoms with Crippen LogP contribution in [0.5, 0.6) is 23.0 Å². The standard InChI is InChI=1S/C26H24O7/c1-29-19-11-9-18(10-12-19)26(25(28)33-15-17-7-5-4-6-8-17)20-13-22(30-2)23(31-3)14-21(20)32-16-24(26)27/h4-14H,15-16H2,1-3H3. The number of methoxy groups -OCH3 is 3. The van der Waals surface area contributed by atoms with E-state index in [2.05, 4.69) is 0 Å². The average Bonchev–Trinajstić information content (AvgIpc) is 2.87. The summed E-state index contributed by atoms with van der Waals surface area (Å²) in [6, 6.07) is 19.3. The number of benzene rings is 3. The quantitative estimate of drug-likeness (QED) is 0.403. The Morgan fingerprint density at radius 2 is 1.58 bits per heavy atom. The first-order valence-corrected chi connectivity index (χ1v) is 10.3. The molecule has 1 aliphatic heterocycles. The molecule has 170 valence electrons. The first kappa shape index (κ1) is 22.2. The molecule has 3 aromatic carbocycles. The molecule has 0 amide bonds. The number of ether oxygens (including phenoxy) is 5. The van der Waals surface area contributed by atoms with Crippen LogP contribution in [0, 0.1) is 0 Å². The largest absolute Gasteiger partial charge is 0.497 e. The fraction of sp³-hybridized carbons (Fsp3) is 0.231. The first-order chi connectivity index (χ1) is 16.0. The number of fused-ring (bicyclic) bond motifs is 1. The van der Waals surface area contributed by atoms with E-state index in [1.165, 1.54) is 14.2 Å². The van der Waals surface area contributed by atoms with Gasteiger partial charge in [-0.15, -0.1) is 0 Å². The van der Waals surface area contributed by atoms with Crippen molar-refractivity contribution in [3.8, 4) is 23.0 Å². The van der Waals surface area contributed by atoms with Crippen LogP contribution in [0.2, 0.25) is 0 Å². The maximum Gasteiger partial charge on any atom is 0.329 e. The van der Waals surface area contributed by atoms with Gasteiger partial charge in [0, 0.05) is 11.6 Å². The number of hydrogen-bond donors (Lipinski definition) is 0.